The molecule has 6 heteroatoms. The molecule has 2 atom stereocenters. The molecule has 128 valence electrons. The summed E-state index contributed by atoms with van der Waals surface area (Å²) >= 11 is 11.2. The molecule has 1 aliphatic heterocycles. The van der Waals surface area contributed by atoms with Crippen LogP contribution in [0.5, 0.6) is 0 Å². The highest BCUT2D eigenvalue weighted by Gasteiger charge is 2.56. The highest BCUT2D eigenvalue weighted by molar-refractivity contribution is 7.80. The van der Waals surface area contributed by atoms with Gasteiger partial charge in [0, 0.05) is 18.5 Å². The number of thiocarbonyl (C=S) groups is 1. The van der Waals surface area contributed by atoms with Crippen LogP contribution in [0.3, 0.4) is 0 Å². The molecule has 1 N–H and O–H groups in total. The zero-order valence-corrected chi connectivity index (χ0v) is 15.1. The molecular weight excluding hydrogens is 356 g/mol. The number of Topliss-reactive ketones (excluding diaryl/α,β-unsaturated/α-hetero) is 1. The van der Waals surface area contributed by atoms with Crippen molar-refractivity contribution in [2.45, 2.75) is 18.4 Å². The topological polar surface area (TPSA) is 51.2 Å². The van der Waals surface area contributed by atoms with Crippen LogP contribution in [0, 0.1) is 5.92 Å². The number of hydrogen-bond acceptors (Lipinski definition) is 4. The first-order chi connectivity index (χ1) is 12.1. The first-order valence-electron chi connectivity index (χ1n) is 8.20. The second-order valence-corrected chi connectivity index (χ2v) is 7.53. The first-order valence-corrected chi connectivity index (χ1v) is 8.98. The van der Waals surface area contributed by atoms with Crippen LogP contribution in [0.4, 0.5) is 0 Å². The molecule has 1 aliphatic carbocycles. The second kappa shape index (κ2) is 6.48. The van der Waals surface area contributed by atoms with Crippen LogP contribution >= 0.6 is 23.8 Å². The SMILES string of the molecule is O=C(Cc1cccc([C@]23C[C@H]2COCC(=S)N3)c1)c1ccc(Cl)cn1. The number of rotatable bonds is 4. The number of aromatic nitrogens is 1. The number of hydrogen-bond donors (Lipinski definition) is 1. The van der Waals surface area contributed by atoms with Crippen molar-refractivity contribution in [1.82, 2.24) is 10.3 Å². The largest absolute Gasteiger partial charge is 0.374 e. The minimum Gasteiger partial charge on any atom is -0.374 e. The van der Waals surface area contributed by atoms with E-state index in [0.29, 0.717) is 36.3 Å². The lowest BCUT2D eigenvalue weighted by Crippen LogP contribution is -2.35. The Morgan fingerprint density at radius 1 is 1.40 bits per heavy atom. The maximum absolute atomic E-state index is 12.4. The van der Waals surface area contributed by atoms with Gasteiger partial charge in [-0.25, -0.2) is 0 Å². The van der Waals surface area contributed by atoms with Crippen molar-refractivity contribution in [2.24, 2.45) is 5.92 Å². The normalized spacial score (nSPS) is 24.8. The molecule has 4 rings (SSSR count). The molecule has 0 spiro atoms. The van der Waals surface area contributed by atoms with E-state index in [1.165, 1.54) is 11.8 Å². The van der Waals surface area contributed by atoms with Crippen LogP contribution in [-0.2, 0) is 16.7 Å². The molecule has 1 aromatic carbocycles. The van der Waals surface area contributed by atoms with E-state index >= 15 is 0 Å². The predicted molar refractivity (Wildman–Crippen MR) is 100 cm³/mol. The number of ether oxygens (including phenoxy) is 1. The Bertz CT molecular complexity index is 840. The molecule has 0 radical (unpaired) electrons. The van der Waals surface area contributed by atoms with Crippen molar-refractivity contribution in [1.29, 1.82) is 0 Å². The Balaban J connectivity index is 1.55. The minimum absolute atomic E-state index is 0.0219. The fourth-order valence-electron chi connectivity index (χ4n) is 3.46. The van der Waals surface area contributed by atoms with E-state index in [1.807, 2.05) is 12.1 Å². The Morgan fingerprint density at radius 3 is 3.08 bits per heavy atom. The van der Waals surface area contributed by atoms with Crippen LogP contribution in [-0.4, -0.2) is 29.0 Å². The third kappa shape index (κ3) is 3.32. The van der Waals surface area contributed by atoms with Crippen LogP contribution in [0.1, 0.15) is 28.0 Å². The number of benzene rings is 1. The van der Waals surface area contributed by atoms with Crippen molar-refractivity contribution in [3.63, 3.8) is 0 Å². The maximum Gasteiger partial charge on any atom is 0.185 e. The summed E-state index contributed by atoms with van der Waals surface area (Å²) in [4.78, 5) is 17.3. The van der Waals surface area contributed by atoms with Crippen LogP contribution in [0.25, 0.3) is 0 Å². The third-order valence-corrected chi connectivity index (χ3v) is 5.28. The van der Waals surface area contributed by atoms with Gasteiger partial charge in [0.15, 0.2) is 5.78 Å². The van der Waals surface area contributed by atoms with Crippen molar-refractivity contribution in [3.05, 3.63) is 64.4 Å². The molecule has 1 saturated heterocycles. The highest BCUT2D eigenvalue weighted by Crippen LogP contribution is 2.53. The van der Waals surface area contributed by atoms with E-state index in [0.717, 1.165) is 17.0 Å². The molecule has 0 amide bonds. The summed E-state index contributed by atoms with van der Waals surface area (Å²) in [5.74, 6) is 0.406. The van der Waals surface area contributed by atoms with Gasteiger partial charge in [-0.15, -0.1) is 0 Å². The number of halogens is 1. The second-order valence-electron chi connectivity index (χ2n) is 6.60. The molecule has 2 aliphatic rings. The van der Waals surface area contributed by atoms with E-state index in [-0.39, 0.29) is 11.3 Å². The van der Waals surface area contributed by atoms with Gasteiger partial charge in [-0.2, -0.15) is 0 Å². The highest BCUT2D eigenvalue weighted by atomic mass is 35.5. The van der Waals surface area contributed by atoms with Crippen molar-refractivity contribution in [2.75, 3.05) is 13.2 Å². The number of ketones is 1. The number of fused-ring (bicyclic) bond motifs is 1. The molecule has 25 heavy (non-hydrogen) atoms. The summed E-state index contributed by atoms with van der Waals surface area (Å²) in [5, 5.41) is 3.98. The zero-order valence-electron chi connectivity index (χ0n) is 13.5. The fraction of sp³-hybridized carbons (Fsp3) is 0.316. The summed E-state index contributed by atoms with van der Waals surface area (Å²) in [6, 6.07) is 11.5. The molecule has 1 aromatic heterocycles. The van der Waals surface area contributed by atoms with Gasteiger partial charge in [0.05, 0.1) is 23.8 Å². The summed E-state index contributed by atoms with van der Waals surface area (Å²) < 4.78 is 5.59. The number of nitrogens with one attached hydrogen (secondary N) is 1. The van der Waals surface area contributed by atoms with Gasteiger partial charge in [-0.05, 0) is 29.7 Å². The smallest absolute Gasteiger partial charge is 0.185 e. The molecule has 1 saturated carbocycles. The van der Waals surface area contributed by atoms with E-state index < -0.39 is 0 Å². The first kappa shape index (κ1) is 16.6. The Labute approximate surface area is 156 Å². The zero-order chi connectivity index (χ0) is 17.4. The Morgan fingerprint density at radius 2 is 2.28 bits per heavy atom. The molecular formula is C19H17ClN2O2S. The lowest BCUT2D eigenvalue weighted by Gasteiger charge is -2.20. The summed E-state index contributed by atoms with van der Waals surface area (Å²) in [5.41, 5.74) is 2.43. The summed E-state index contributed by atoms with van der Waals surface area (Å²) in [6.07, 6.45) is 2.81. The number of carbonyl (C=O) groups is 1. The monoisotopic (exact) mass is 372 g/mol. The van der Waals surface area contributed by atoms with Crippen molar-refractivity contribution < 1.29 is 9.53 Å². The molecule has 0 unspecified atom stereocenters. The number of carbonyl (C=O) groups excluding carboxylic acids is 1. The van der Waals surface area contributed by atoms with Crippen LogP contribution in [0.15, 0.2) is 42.6 Å². The Kier molecular flexibility index (Phi) is 4.31. The van der Waals surface area contributed by atoms with Crippen LogP contribution < -0.4 is 5.32 Å². The van der Waals surface area contributed by atoms with Gasteiger partial charge in [0.1, 0.15) is 10.7 Å². The summed E-state index contributed by atoms with van der Waals surface area (Å²) in [7, 11) is 0. The van der Waals surface area contributed by atoms with Gasteiger partial charge >= 0.3 is 0 Å². The molecule has 2 heterocycles. The predicted octanol–water partition coefficient (Wildman–Crippen LogP) is 3.32. The van der Waals surface area contributed by atoms with Gasteiger partial charge in [-0.1, -0.05) is 48.1 Å². The molecule has 0 bridgehead atoms. The van der Waals surface area contributed by atoms with Crippen molar-refractivity contribution >= 4 is 34.6 Å². The maximum atomic E-state index is 12.4. The lowest BCUT2D eigenvalue weighted by atomic mass is 9.97. The molecule has 2 fully saturated rings. The van der Waals surface area contributed by atoms with E-state index in [4.69, 9.17) is 28.6 Å². The lowest BCUT2D eigenvalue weighted by molar-refractivity contribution is 0.0988. The molecule has 2 aromatic rings. The standard InChI is InChI=1S/C19H17ClN2O2S/c20-15-4-5-16(21-9-15)17(23)7-12-2-1-3-13(6-12)19-8-14(19)10-24-11-18(25)22-19/h1-6,9,14H,7-8,10-11H2,(H,22,25)/t14-,19+/m0/s1. The summed E-state index contributed by atoms with van der Waals surface area (Å²) in [6.45, 7) is 1.19. The van der Waals surface area contributed by atoms with Gasteiger partial charge < -0.3 is 10.1 Å². The molecule has 4 nitrogen and oxygen atoms in total. The average molecular weight is 373 g/mol. The average Bonchev–Trinajstić information content (AvgIpc) is 3.30. The number of nitrogens with zero attached hydrogens (tertiary/aromatic N) is 1. The fourth-order valence-corrected chi connectivity index (χ4v) is 3.84. The van der Waals surface area contributed by atoms with Gasteiger partial charge in [0.2, 0.25) is 0 Å². The van der Waals surface area contributed by atoms with Gasteiger partial charge in [-0.3, -0.25) is 9.78 Å². The minimum atomic E-state index is -0.134. The van der Waals surface area contributed by atoms with E-state index in [2.05, 4.69) is 22.4 Å². The number of pyridine rings is 1. The van der Waals surface area contributed by atoms with E-state index in [1.54, 1.807) is 12.1 Å². The Hall–Kier alpha value is -1.82. The third-order valence-electron chi connectivity index (χ3n) is 4.84. The quantitative estimate of drug-likeness (QED) is 0.659. The van der Waals surface area contributed by atoms with Crippen molar-refractivity contribution in [3.8, 4) is 0 Å². The van der Waals surface area contributed by atoms with E-state index in [9.17, 15) is 4.79 Å². The van der Waals surface area contributed by atoms with Crippen LogP contribution in [0.2, 0.25) is 5.02 Å². The van der Waals surface area contributed by atoms with Gasteiger partial charge in [0.25, 0.3) is 0 Å².